The number of tetrazole rings is 1. The number of hydrogen-bond acceptors (Lipinski definition) is 6. The lowest BCUT2D eigenvalue weighted by Gasteiger charge is -2.40. The highest BCUT2D eigenvalue weighted by Gasteiger charge is 2.34. The van der Waals surface area contributed by atoms with Crippen LogP contribution in [0.4, 0.5) is 18.9 Å². The second kappa shape index (κ2) is 9.64. The van der Waals surface area contributed by atoms with Crippen LogP contribution < -0.4 is 4.90 Å². The molecule has 11 heteroatoms. The zero-order chi connectivity index (χ0) is 22.9. The predicted molar refractivity (Wildman–Crippen MR) is 121 cm³/mol. The first kappa shape index (κ1) is 24.9. The summed E-state index contributed by atoms with van der Waals surface area (Å²) in [4.78, 5) is 8.52. The number of pyridine rings is 1. The fourth-order valence-electron chi connectivity index (χ4n) is 4.02. The molecule has 0 radical (unpaired) electrons. The van der Waals surface area contributed by atoms with Gasteiger partial charge in [-0.15, -0.1) is 17.5 Å². The van der Waals surface area contributed by atoms with E-state index in [9.17, 15) is 13.2 Å². The van der Waals surface area contributed by atoms with E-state index in [-0.39, 0.29) is 24.0 Å². The van der Waals surface area contributed by atoms with Crippen LogP contribution in [0.25, 0.3) is 0 Å². The van der Waals surface area contributed by atoms with Gasteiger partial charge in [0, 0.05) is 44.3 Å². The number of benzene rings is 1. The van der Waals surface area contributed by atoms with Gasteiger partial charge in [-0.05, 0) is 61.0 Å². The van der Waals surface area contributed by atoms with Crippen LogP contribution in [-0.4, -0.2) is 56.3 Å². The second-order valence-corrected chi connectivity index (χ2v) is 8.88. The molecule has 1 aromatic carbocycles. The third-order valence-corrected chi connectivity index (χ3v) is 5.59. The molecule has 3 heterocycles. The molecule has 1 fully saturated rings. The van der Waals surface area contributed by atoms with Crippen LogP contribution in [-0.2, 0) is 11.7 Å². The molecule has 1 aliphatic rings. The van der Waals surface area contributed by atoms with Gasteiger partial charge in [-0.1, -0.05) is 12.1 Å². The Kier molecular flexibility index (Phi) is 7.28. The lowest BCUT2D eigenvalue weighted by Crippen LogP contribution is -2.48. The van der Waals surface area contributed by atoms with Crippen LogP contribution in [0.15, 0.2) is 48.8 Å². The maximum Gasteiger partial charge on any atom is 0.416 e. The first-order valence-electron chi connectivity index (χ1n) is 10.5. The van der Waals surface area contributed by atoms with E-state index in [1.807, 2.05) is 48.7 Å². The van der Waals surface area contributed by atoms with E-state index < -0.39 is 11.7 Å². The third-order valence-electron chi connectivity index (χ3n) is 5.59. The van der Waals surface area contributed by atoms with Crippen molar-refractivity contribution in [3.8, 4) is 0 Å². The minimum absolute atomic E-state index is 0. The molecule has 178 valence electrons. The van der Waals surface area contributed by atoms with Crippen molar-refractivity contribution in [2.45, 2.75) is 38.5 Å². The summed E-state index contributed by atoms with van der Waals surface area (Å²) in [6.07, 6.45) is -0.822. The molecule has 1 unspecified atom stereocenters. The minimum atomic E-state index is -4.35. The summed E-state index contributed by atoms with van der Waals surface area (Å²) in [5.74, 6) is 0.720. The summed E-state index contributed by atoms with van der Waals surface area (Å²) in [7, 11) is 0. The Morgan fingerprint density at radius 1 is 0.970 bits per heavy atom. The summed E-state index contributed by atoms with van der Waals surface area (Å²) in [6, 6.07) is 9.18. The summed E-state index contributed by atoms with van der Waals surface area (Å²) in [5.41, 5.74) is 0.617. The molecule has 2 aromatic heterocycles. The van der Waals surface area contributed by atoms with Crippen molar-refractivity contribution in [1.82, 2.24) is 30.1 Å². The standard InChI is InChI=1S/C22H26F3N7.ClH/c1-21(2,3)32-20(27-28-29-32)19(16-6-5-9-26-15-16)31-12-10-30(11-13-31)18-8-4-7-17(14-18)22(23,24)25;/h4-9,14-15,19H,10-13H2,1-3H3;1H. The number of rotatable bonds is 4. The lowest BCUT2D eigenvalue weighted by atomic mass is 10.0. The Hall–Kier alpha value is -2.72. The molecule has 1 aliphatic heterocycles. The minimum Gasteiger partial charge on any atom is -0.369 e. The largest absolute Gasteiger partial charge is 0.416 e. The molecule has 0 N–H and O–H groups in total. The zero-order valence-electron chi connectivity index (χ0n) is 18.7. The predicted octanol–water partition coefficient (Wildman–Crippen LogP) is 4.18. The van der Waals surface area contributed by atoms with E-state index in [2.05, 4.69) is 25.4 Å². The maximum atomic E-state index is 13.1. The molecule has 33 heavy (non-hydrogen) atoms. The Balaban J connectivity index is 0.00000306. The van der Waals surface area contributed by atoms with Gasteiger partial charge in [0.15, 0.2) is 5.82 Å². The number of anilines is 1. The van der Waals surface area contributed by atoms with Gasteiger partial charge in [0.05, 0.1) is 17.1 Å². The van der Waals surface area contributed by atoms with Crippen molar-refractivity contribution < 1.29 is 13.2 Å². The number of piperazine rings is 1. The fourth-order valence-corrected chi connectivity index (χ4v) is 4.02. The summed E-state index contributed by atoms with van der Waals surface area (Å²) < 4.78 is 41.2. The first-order chi connectivity index (χ1) is 15.1. The van der Waals surface area contributed by atoms with Crippen LogP contribution in [0.2, 0.25) is 0 Å². The molecule has 0 aliphatic carbocycles. The van der Waals surface area contributed by atoms with Crippen molar-refractivity contribution >= 4 is 18.1 Å². The average molecular weight is 482 g/mol. The molecule has 4 rings (SSSR count). The summed E-state index contributed by atoms with van der Waals surface area (Å²) >= 11 is 0. The van der Waals surface area contributed by atoms with E-state index in [0.29, 0.717) is 31.9 Å². The maximum absolute atomic E-state index is 13.1. The van der Waals surface area contributed by atoms with Crippen molar-refractivity contribution in [3.05, 3.63) is 65.7 Å². The van der Waals surface area contributed by atoms with Gasteiger partial charge in [-0.25, -0.2) is 4.68 Å². The van der Waals surface area contributed by atoms with E-state index in [0.717, 1.165) is 17.5 Å². The molecule has 0 saturated carbocycles. The van der Waals surface area contributed by atoms with Crippen LogP contribution in [0, 0.1) is 0 Å². The molecule has 0 bridgehead atoms. The normalized spacial score (nSPS) is 16.4. The molecular weight excluding hydrogens is 455 g/mol. The lowest BCUT2D eigenvalue weighted by molar-refractivity contribution is -0.137. The van der Waals surface area contributed by atoms with Crippen LogP contribution in [0.5, 0.6) is 0 Å². The van der Waals surface area contributed by atoms with Crippen LogP contribution >= 0.6 is 12.4 Å². The number of nitrogens with zero attached hydrogens (tertiary/aromatic N) is 7. The van der Waals surface area contributed by atoms with E-state index in [4.69, 9.17) is 0 Å². The summed E-state index contributed by atoms with van der Waals surface area (Å²) in [6.45, 7) is 8.60. The number of halogens is 4. The molecule has 7 nitrogen and oxygen atoms in total. The van der Waals surface area contributed by atoms with Gasteiger partial charge in [0.2, 0.25) is 0 Å². The van der Waals surface area contributed by atoms with Gasteiger partial charge in [-0.2, -0.15) is 13.2 Å². The van der Waals surface area contributed by atoms with Crippen molar-refractivity contribution in [1.29, 1.82) is 0 Å². The Morgan fingerprint density at radius 3 is 2.30 bits per heavy atom. The van der Waals surface area contributed by atoms with Crippen LogP contribution in [0.3, 0.4) is 0 Å². The topological polar surface area (TPSA) is 63.0 Å². The molecule has 3 aromatic rings. The van der Waals surface area contributed by atoms with Gasteiger partial charge in [0.25, 0.3) is 0 Å². The monoisotopic (exact) mass is 481 g/mol. The number of aromatic nitrogens is 5. The van der Waals surface area contributed by atoms with Gasteiger partial charge >= 0.3 is 6.18 Å². The van der Waals surface area contributed by atoms with Crippen molar-refractivity contribution in [2.75, 3.05) is 31.1 Å². The Labute approximate surface area is 197 Å². The van der Waals surface area contributed by atoms with Gasteiger partial charge in [0.1, 0.15) is 0 Å². The Morgan fingerprint density at radius 2 is 1.70 bits per heavy atom. The molecule has 0 spiro atoms. The Bertz CT molecular complexity index is 1040. The van der Waals surface area contributed by atoms with Gasteiger partial charge < -0.3 is 4.90 Å². The molecule has 1 atom stereocenters. The average Bonchev–Trinajstić information content (AvgIpc) is 3.25. The van der Waals surface area contributed by atoms with Gasteiger partial charge in [-0.3, -0.25) is 9.88 Å². The first-order valence-corrected chi connectivity index (χ1v) is 10.5. The number of hydrogen-bond donors (Lipinski definition) is 0. The van der Waals surface area contributed by atoms with Crippen LogP contribution in [0.1, 0.15) is 43.8 Å². The van der Waals surface area contributed by atoms with E-state index in [1.54, 1.807) is 12.3 Å². The quantitative estimate of drug-likeness (QED) is 0.557. The van der Waals surface area contributed by atoms with Crippen molar-refractivity contribution in [3.63, 3.8) is 0 Å². The third kappa shape index (κ3) is 5.44. The zero-order valence-corrected chi connectivity index (χ0v) is 19.5. The van der Waals surface area contributed by atoms with E-state index in [1.165, 1.54) is 12.1 Å². The number of alkyl halides is 3. The highest BCUT2D eigenvalue weighted by molar-refractivity contribution is 5.85. The summed E-state index contributed by atoms with van der Waals surface area (Å²) in [5, 5.41) is 12.5. The second-order valence-electron chi connectivity index (χ2n) is 8.88. The highest BCUT2D eigenvalue weighted by atomic mass is 35.5. The molecular formula is C22H27ClF3N7. The van der Waals surface area contributed by atoms with Crippen molar-refractivity contribution in [2.24, 2.45) is 0 Å². The highest BCUT2D eigenvalue weighted by Crippen LogP contribution is 2.33. The molecule has 0 amide bonds. The fraction of sp³-hybridized carbons (Fsp3) is 0.455. The molecule has 1 saturated heterocycles. The van der Waals surface area contributed by atoms with E-state index >= 15 is 0 Å². The SMILES string of the molecule is CC(C)(C)n1nnnc1C(c1cccnc1)N1CCN(c2cccc(C(F)(F)F)c2)CC1.Cl. The smallest absolute Gasteiger partial charge is 0.369 e.